The molecule has 1 aromatic carbocycles. The van der Waals surface area contributed by atoms with Crippen molar-refractivity contribution in [1.29, 1.82) is 0 Å². The maximum Gasteiger partial charge on any atom is 0.303 e. The Morgan fingerprint density at radius 1 is 1.30 bits per heavy atom. The molecule has 2 aromatic rings. The number of carbonyl (C=O) groups is 2. The second kappa shape index (κ2) is 6.24. The van der Waals surface area contributed by atoms with E-state index < -0.39 is 5.97 Å². The molecule has 0 aliphatic heterocycles. The Kier molecular flexibility index (Phi) is 4.14. The summed E-state index contributed by atoms with van der Waals surface area (Å²) in [5.41, 5.74) is 2.15. The van der Waals surface area contributed by atoms with Crippen LogP contribution < -0.4 is 5.32 Å². The quantitative estimate of drug-likeness (QED) is 0.854. The van der Waals surface area contributed by atoms with Crippen LogP contribution in [0.1, 0.15) is 52.9 Å². The molecular weight excluding hydrogens is 296 g/mol. The summed E-state index contributed by atoms with van der Waals surface area (Å²) in [6.07, 6.45) is 2.69. The monoisotopic (exact) mass is 314 g/mol. The Balaban J connectivity index is 1.64. The fourth-order valence-electron chi connectivity index (χ4n) is 2.33. The van der Waals surface area contributed by atoms with Crippen LogP contribution in [0.3, 0.4) is 0 Å². The highest BCUT2D eigenvalue weighted by Gasteiger charge is 2.30. The lowest BCUT2D eigenvalue weighted by molar-refractivity contribution is -0.136. The molecule has 6 nitrogen and oxygen atoms in total. The van der Waals surface area contributed by atoms with E-state index in [0.29, 0.717) is 29.6 Å². The maximum atomic E-state index is 12.3. The number of anilines is 1. The number of oxazole rings is 1. The van der Waals surface area contributed by atoms with Gasteiger partial charge in [0.1, 0.15) is 0 Å². The summed E-state index contributed by atoms with van der Waals surface area (Å²) in [7, 11) is 0. The number of nitrogens with one attached hydrogen (secondary N) is 1. The lowest BCUT2D eigenvalue weighted by atomic mass is 10.1. The Labute approximate surface area is 133 Å². The zero-order valence-electron chi connectivity index (χ0n) is 12.8. The minimum Gasteiger partial charge on any atom is -0.481 e. The fourth-order valence-corrected chi connectivity index (χ4v) is 2.33. The summed E-state index contributed by atoms with van der Waals surface area (Å²) in [5.74, 6) is 0.122. The number of carboxylic acid groups (broad SMARTS) is 1. The minimum absolute atomic E-state index is 0.0902. The van der Waals surface area contributed by atoms with E-state index in [-0.39, 0.29) is 18.1 Å². The number of aromatic nitrogens is 1. The molecule has 120 valence electrons. The summed E-state index contributed by atoms with van der Waals surface area (Å²) >= 11 is 0. The lowest BCUT2D eigenvalue weighted by Crippen LogP contribution is -2.12. The summed E-state index contributed by atoms with van der Waals surface area (Å²) in [5, 5.41) is 11.4. The molecule has 0 unspecified atom stereocenters. The Morgan fingerprint density at radius 3 is 2.61 bits per heavy atom. The van der Waals surface area contributed by atoms with Gasteiger partial charge in [0.05, 0.1) is 5.69 Å². The first-order valence-electron chi connectivity index (χ1n) is 7.62. The van der Waals surface area contributed by atoms with Crippen LogP contribution in [0.15, 0.2) is 28.7 Å². The molecule has 1 amide bonds. The number of aliphatic carboxylic acids is 1. The number of carbonyl (C=O) groups excluding carboxylic acids is 1. The Hall–Kier alpha value is -2.63. The van der Waals surface area contributed by atoms with Gasteiger partial charge in [-0.1, -0.05) is 12.1 Å². The lowest BCUT2D eigenvalue weighted by Gasteiger charge is -2.05. The van der Waals surface area contributed by atoms with Gasteiger partial charge in [-0.2, -0.15) is 0 Å². The molecule has 1 aromatic heterocycles. The zero-order valence-corrected chi connectivity index (χ0v) is 12.8. The highest BCUT2D eigenvalue weighted by atomic mass is 16.4. The number of rotatable bonds is 6. The molecule has 0 saturated heterocycles. The smallest absolute Gasteiger partial charge is 0.303 e. The van der Waals surface area contributed by atoms with Crippen molar-refractivity contribution >= 4 is 17.6 Å². The van der Waals surface area contributed by atoms with Crippen LogP contribution in [-0.4, -0.2) is 22.0 Å². The predicted octanol–water partition coefficient (Wildman–Crippen LogP) is 3.13. The van der Waals surface area contributed by atoms with Crippen LogP contribution in [0.5, 0.6) is 0 Å². The zero-order chi connectivity index (χ0) is 16.4. The van der Waals surface area contributed by atoms with Gasteiger partial charge in [0.15, 0.2) is 5.89 Å². The van der Waals surface area contributed by atoms with Crippen molar-refractivity contribution in [3.63, 3.8) is 0 Å². The molecule has 1 fully saturated rings. The first-order valence-corrected chi connectivity index (χ1v) is 7.62. The molecule has 3 rings (SSSR count). The van der Waals surface area contributed by atoms with E-state index in [1.165, 1.54) is 0 Å². The average Bonchev–Trinajstić information content (AvgIpc) is 3.29. The maximum absolute atomic E-state index is 12.3. The standard InChI is InChI=1S/C17H18N2O4/c1-10-15(23-17(18-10)12-5-6-12)16(22)19-13-7-2-11(3-8-13)4-9-14(20)21/h2-3,7-8,12H,4-6,9H2,1H3,(H,19,22)(H,20,21). The molecule has 1 aliphatic carbocycles. The third-order valence-electron chi connectivity index (χ3n) is 3.79. The normalized spacial score (nSPS) is 13.8. The molecule has 1 aliphatic rings. The molecule has 1 saturated carbocycles. The summed E-state index contributed by atoms with van der Waals surface area (Å²) < 4.78 is 5.57. The van der Waals surface area contributed by atoms with Gasteiger partial charge < -0.3 is 14.8 Å². The number of hydrogen-bond acceptors (Lipinski definition) is 4. The van der Waals surface area contributed by atoms with E-state index in [1.807, 2.05) is 0 Å². The van der Waals surface area contributed by atoms with Gasteiger partial charge in [-0.3, -0.25) is 9.59 Å². The SMILES string of the molecule is Cc1nc(C2CC2)oc1C(=O)Nc1ccc(CCC(=O)O)cc1. The van der Waals surface area contributed by atoms with E-state index in [4.69, 9.17) is 9.52 Å². The summed E-state index contributed by atoms with van der Waals surface area (Å²) in [4.78, 5) is 27.1. The Bertz CT molecular complexity index is 730. The van der Waals surface area contributed by atoms with Gasteiger partial charge in [-0.15, -0.1) is 0 Å². The van der Waals surface area contributed by atoms with E-state index in [9.17, 15) is 9.59 Å². The van der Waals surface area contributed by atoms with Crippen molar-refractivity contribution in [2.45, 2.75) is 38.5 Å². The van der Waals surface area contributed by atoms with Gasteiger partial charge in [0.25, 0.3) is 5.91 Å². The number of aryl methyl sites for hydroxylation is 2. The van der Waals surface area contributed by atoms with Crippen molar-refractivity contribution in [1.82, 2.24) is 4.98 Å². The van der Waals surface area contributed by atoms with Crippen molar-refractivity contribution in [2.75, 3.05) is 5.32 Å². The summed E-state index contributed by atoms with van der Waals surface area (Å²) in [6.45, 7) is 1.76. The number of nitrogens with zero attached hydrogens (tertiary/aromatic N) is 1. The van der Waals surface area contributed by atoms with Crippen LogP contribution in [0.2, 0.25) is 0 Å². The van der Waals surface area contributed by atoms with Crippen molar-refractivity contribution in [3.8, 4) is 0 Å². The molecular formula is C17H18N2O4. The van der Waals surface area contributed by atoms with Crippen molar-refractivity contribution < 1.29 is 19.1 Å². The molecule has 0 radical (unpaired) electrons. The third-order valence-corrected chi connectivity index (χ3v) is 3.79. The molecule has 0 bridgehead atoms. The van der Waals surface area contributed by atoms with Gasteiger partial charge in [0, 0.05) is 18.0 Å². The number of hydrogen-bond donors (Lipinski definition) is 2. The largest absolute Gasteiger partial charge is 0.481 e. The number of amides is 1. The van der Waals surface area contributed by atoms with E-state index in [0.717, 1.165) is 18.4 Å². The van der Waals surface area contributed by atoms with Gasteiger partial charge in [0.2, 0.25) is 5.76 Å². The fraction of sp³-hybridized carbons (Fsp3) is 0.353. The highest BCUT2D eigenvalue weighted by molar-refractivity contribution is 6.02. The van der Waals surface area contributed by atoms with Crippen LogP contribution in [0.25, 0.3) is 0 Å². The Morgan fingerprint density at radius 2 is 2.00 bits per heavy atom. The van der Waals surface area contributed by atoms with Crippen LogP contribution >= 0.6 is 0 Å². The van der Waals surface area contributed by atoms with Crippen molar-refractivity contribution in [3.05, 3.63) is 47.2 Å². The second-order valence-corrected chi connectivity index (χ2v) is 5.79. The van der Waals surface area contributed by atoms with Crippen LogP contribution in [0, 0.1) is 6.92 Å². The molecule has 6 heteroatoms. The third kappa shape index (κ3) is 3.77. The first kappa shape index (κ1) is 15.3. The van der Waals surface area contributed by atoms with Gasteiger partial charge >= 0.3 is 5.97 Å². The average molecular weight is 314 g/mol. The van der Waals surface area contributed by atoms with E-state index >= 15 is 0 Å². The topological polar surface area (TPSA) is 92.4 Å². The molecule has 0 spiro atoms. The van der Waals surface area contributed by atoms with Crippen LogP contribution in [0.4, 0.5) is 5.69 Å². The number of benzene rings is 1. The van der Waals surface area contributed by atoms with Gasteiger partial charge in [-0.05, 0) is 43.9 Å². The molecule has 1 heterocycles. The summed E-state index contributed by atoms with van der Waals surface area (Å²) in [6, 6.07) is 7.12. The second-order valence-electron chi connectivity index (χ2n) is 5.79. The predicted molar refractivity (Wildman–Crippen MR) is 83.6 cm³/mol. The first-order chi connectivity index (χ1) is 11.0. The number of carboxylic acids is 1. The molecule has 23 heavy (non-hydrogen) atoms. The minimum atomic E-state index is -0.824. The van der Waals surface area contributed by atoms with Crippen molar-refractivity contribution in [2.24, 2.45) is 0 Å². The van der Waals surface area contributed by atoms with Gasteiger partial charge in [-0.25, -0.2) is 4.98 Å². The molecule has 0 atom stereocenters. The van der Waals surface area contributed by atoms with E-state index in [2.05, 4.69) is 10.3 Å². The highest BCUT2D eigenvalue weighted by Crippen LogP contribution is 2.40. The van der Waals surface area contributed by atoms with Crippen LogP contribution in [-0.2, 0) is 11.2 Å². The molecule has 2 N–H and O–H groups in total. The van der Waals surface area contributed by atoms with E-state index in [1.54, 1.807) is 31.2 Å².